The number of benzene rings is 1. The van der Waals surface area contributed by atoms with Crippen LogP contribution in [0.4, 0.5) is 11.5 Å². The summed E-state index contributed by atoms with van der Waals surface area (Å²) >= 11 is 0. The molecular formula is C19H28IN5. The molecule has 136 valence electrons. The van der Waals surface area contributed by atoms with E-state index in [1.807, 2.05) is 18.3 Å². The highest BCUT2D eigenvalue weighted by Gasteiger charge is 2.03. The van der Waals surface area contributed by atoms with E-state index in [4.69, 9.17) is 5.73 Å². The van der Waals surface area contributed by atoms with Gasteiger partial charge in [-0.05, 0) is 62.6 Å². The van der Waals surface area contributed by atoms with Crippen LogP contribution in [-0.2, 0) is 6.54 Å². The first-order chi connectivity index (χ1) is 11.5. The molecule has 0 fully saturated rings. The molecule has 2 rings (SSSR count). The third-order valence-corrected chi connectivity index (χ3v) is 3.82. The third-order valence-electron chi connectivity index (χ3n) is 3.82. The number of nitrogens with two attached hydrogens (primary N) is 1. The number of aryl methyl sites for hydroxylation is 2. The van der Waals surface area contributed by atoms with Crippen LogP contribution in [0.5, 0.6) is 0 Å². The van der Waals surface area contributed by atoms with Crippen molar-refractivity contribution >= 4 is 41.4 Å². The van der Waals surface area contributed by atoms with Crippen molar-refractivity contribution in [2.24, 2.45) is 10.7 Å². The van der Waals surface area contributed by atoms with Crippen LogP contribution in [0.2, 0.25) is 0 Å². The van der Waals surface area contributed by atoms with Crippen molar-refractivity contribution in [2.75, 3.05) is 23.3 Å². The maximum absolute atomic E-state index is 5.99. The number of pyridine rings is 1. The fraction of sp³-hybridized carbons (Fsp3) is 0.368. The number of aliphatic imine (C=N–C) groups is 1. The van der Waals surface area contributed by atoms with Crippen LogP contribution < -0.4 is 16.0 Å². The largest absolute Gasteiger partial charge is 0.370 e. The summed E-state index contributed by atoms with van der Waals surface area (Å²) in [6.45, 7) is 10.8. The van der Waals surface area contributed by atoms with Gasteiger partial charge in [0.2, 0.25) is 0 Å². The normalized spacial score (nSPS) is 11.0. The third kappa shape index (κ3) is 6.53. The summed E-state index contributed by atoms with van der Waals surface area (Å²) < 4.78 is 0. The molecule has 0 saturated heterocycles. The molecule has 1 aromatic carbocycles. The predicted molar refractivity (Wildman–Crippen MR) is 118 cm³/mol. The average Bonchev–Trinajstić information content (AvgIpc) is 2.54. The van der Waals surface area contributed by atoms with E-state index >= 15 is 0 Å². The number of hydrogen-bond acceptors (Lipinski definition) is 3. The van der Waals surface area contributed by atoms with Gasteiger partial charge in [-0.15, -0.1) is 24.0 Å². The number of anilines is 2. The molecule has 2 aromatic rings. The predicted octanol–water partition coefficient (Wildman–Crippen LogP) is 4.09. The van der Waals surface area contributed by atoms with E-state index in [-0.39, 0.29) is 24.0 Å². The minimum Gasteiger partial charge on any atom is -0.370 e. The van der Waals surface area contributed by atoms with Crippen LogP contribution in [0.25, 0.3) is 0 Å². The summed E-state index contributed by atoms with van der Waals surface area (Å²) in [4.78, 5) is 11.1. The average molecular weight is 453 g/mol. The molecule has 0 unspecified atom stereocenters. The van der Waals surface area contributed by atoms with E-state index in [1.54, 1.807) is 0 Å². The van der Waals surface area contributed by atoms with Gasteiger partial charge in [-0.25, -0.2) is 9.98 Å². The van der Waals surface area contributed by atoms with Crippen LogP contribution in [0, 0.1) is 13.8 Å². The van der Waals surface area contributed by atoms with Crippen molar-refractivity contribution in [1.82, 2.24) is 4.98 Å². The molecule has 0 atom stereocenters. The van der Waals surface area contributed by atoms with Crippen LogP contribution in [0.1, 0.15) is 30.5 Å². The first-order valence-electron chi connectivity index (χ1n) is 8.37. The zero-order valence-corrected chi connectivity index (χ0v) is 17.7. The second-order valence-electron chi connectivity index (χ2n) is 5.90. The van der Waals surface area contributed by atoms with Crippen molar-refractivity contribution < 1.29 is 0 Å². The molecule has 0 aliphatic carbocycles. The Kier molecular flexibility index (Phi) is 8.68. The van der Waals surface area contributed by atoms with E-state index in [9.17, 15) is 0 Å². The Balaban J connectivity index is 0.00000312. The number of rotatable bonds is 6. The Hall–Kier alpha value is -1.83. The topological polar surface area (TPSA) is 66.5 Å². The Labute approximate surface area is 167 Å². The van der Waals surface area contributed by atoms with Gasteiger partial charge in [0.25, 0.3) is 0 Å². The molecule has 5 nitrogen and oxygen atoms in total. The molecule has 0 aliphatic rings. The van der Waals surface area contributed by atoms with Crippen LogP contribution in [0.3, 0.4) is 0 Å². The number of nitrogens with one attached hydrogen (secondary N) is 1. The summed E-state index contributed by atoms with van der Waals surface area (Å²) in [5.41, 5.74) is 10.4. The molecule has 25 heavy (non-hydrogen) atoms. The summed E-state index contributed by atoms with van der Waals surface area (Å²) in [7, 11) is 0. The molecule has 3 N–H and O–H groups in total. The molecule has 1 aromatic heterocycles. The summed E-state index contributed by atoms with van der Waals surface area (Å²) in [5.74, 6) is 1.40. The van der Waals surface area contributed by atoms with Gasteiger partial charge in [-0.1, -0.05) is 12.1 Å². The number of hydrogen-bond donors (Lipinski definition) is 2. The second kappa shape index (κ2) is 10.2. The van der Waals surface area contributed by atoms with Crippen molar-refractivity contribution in [3.05, 3.63) is 53.2 Å². The molecule has 1 heterocycles. The monoisotopic (exact) mass is 453 g/mol. The van der Waals surface area contributed by atoms with Gasteiger partial charge in [0.05, 0.1) is 6.54 Å². The molecular weight excluding hydrogens is 425 g/mol. The fourth-order valence-corrected chi connectivity index (χ4v) is 2.66. The Morgan fingerprint density at radius 1 is 1.12 bits per heavy atom. The fourth-order valence-electron chi connectivity index (χ4n) is 2.66. The minimum atomic E-state index is 0. The number of halogens is 1. The molecule has 0 amide bonds. The zero-order valence-electron chi connectivity index (χ0n) is 15.4. The van der Waals surface area contributed by atoms with E-state index < -0.39 is 0 Å². The van der Waals surface area contributed by atoms with E-state index in [0.717, 1.165) is 30.2 Å². The molecule has 6 heteroatoms. The highest BCUT2D eigenvalue weighted by atomic mass is 127. The lowest BCUT2D eigenvalue weighted by Crippen LogP contribution is -2.23. The maximum Gasteiger partial charge on any atom is 0.193 e. The molecule has 0 radical (unpaired) electrons. The minimum absolute atomic E-state index is 0. The van der Waals surface area contributed by atoms with Gasteiger partial charge in [0.1, 0.15) is 5.82 Å². The van der Waals surface area contributed by atoms with Gasteiger partial charge < -0.3 is 16.0 Å². The quantitative estimate of drug-likeness (QED) is 0.393. The maximum atomic E-state index is 5.99. The molecule has 0 bridgehead atoms. The highest BCUT2D eigenvalue weighted by Crippen LogP contribution is 2.14. The summed E-state index contributed by atoms with van der Waals surface area (Å²) in [5, 5.41) is 3.14. The smallest absolute Gasteiger partial charge is 0.193 e. The Morgan fingerprint density at radius 2 is 1.76 bits per heavy atom. The standard InChI is InChI=1S/C19H27N5.HI/c1-5-24(6-2)18-8-7-16(12-21-18)13-22-19(20)23-17-10-14(3)9-15(4)11-17;/h7-12H,5-6,13H2,1-4H3,(H3,20,22,23);1H. The van der Waals surface area contributed by atoms with Gasteiger partial charge in [-0.2, -0.15) is 0 Å². The van der Waals surface area contributed by atoms with Crippen LogP contribution >= 0.6 is 24.0 Å². The van der Waals surface area contributed by atoms with Crippen LogP contribution in [-0.4, -0.2) is 24.0 Å². The summed E-state index contributed by atoms with van der Waals surface area (Å²) in [6, 6.07) is 10.3. The lowest BCUT2D eigenvalue weighted by Gasteiger charge is -2.19. The number of nitrogens with zero attached hydrogens (tertiary/aromatic N) is 3. The molecule has 0 saturated carbocycles. The SMILES string of the molecule is CCN(CC)c1ccc(CN=C(N)Nc2cc(C)cc(C)c2)cn1.I. The van der Waals surface area contributed by atoms with Crippen molar-refractivity contribution in [2.45, 2.75) is 34.2 Å². The number of aromatic nitrogens is 1. The number of guanidine groups is 1. The Morgan fingerprint density at radius 3 is 2.28 bits per heavy atom. The van der Waals surface area contributed by atoms with Crippen molar-refractivity contribution in [1.29, 1.82) is 0 Å². The van der Waals surface area contributed by atoms with Crippen molar-refractivity contribution in [3.63, 3.8) is 0 Å². The first-order valence-corrected chi connectivity index (χ1v) is 8.37. The summed E-state index contributed by atoms with van der Waals surface area (Å²) in [6.07, 6.45) is 1.86. The van der Waals surface area contributed by atoms with E-state index in [2.05, 4.69) is 66.1 Å². The lowest BCUT2D eigenvalue weighted by molar-refractivity contribution is 0.843. The van der Waals surface area contributed by atoms with Crippen LogP contribution in [0.15, 0.2) is 41.5 Å². The van der Waals surface area contributed by atoms with Gasteiger partial charge >= 0.3 is 0 Å². The van der Waals surface area contributed by atoms with Gasteiger partial charge in [-0.3, -0.25) is 0 Å². The Bertz CT molecular complexity index is 673. The molecule has 0 aliphatic heterocycles. The van der Waals surface area contributed by atoms with E-state index in [1.165, 1.54) is 11.1 Å². The second-order valence-corrected chi connectivity index (χ2v) is 5.90. The first kappa shape index (κ1) is 21.2. The lowest BCUT2D eigenvalue weighted by atomic mass is 10.1. The van der Waals surface area contributed by atoms with Gasteiger partial charge in [0, 0.05) is 25.0 Å². The van der Waals surface area contributed by atoms with Crippen molar-refractivity contribution in [3.8, 4) is 0 Å². The zero-order chi connectivity index (χ0) is 17.5. The highest BCUT2D eigenvalue weighted by molar-refractivity contribution is 14.0. The van der Waals surface area contributed by atoms with Gasteiger partial charge in [0.15, 0.2) is 5.96 Å². The molecule has 0 spiro atoms. The van der Waals surface area contributed by atoms with E-state index in [0.29, 0.717) is 12.5 Å².